The number of rotatable bonds is 4. The molecule has 7 heteroatoms. The zero-order valence-electron chi connectivity index (χ0n) is 13.2. The highest BCUT2D eigenvalue weighted by atomic mass is 32.1. The molecule has 2 atom stereocenters. The second-order valence-corrected chi connectivity index (χ2v) is 7.06. The quantitative estimate of drug-likeness (QED) is 0.901. The van der Waals surface area contributed by atoms with Crippen LogP contribution >= 0.6 is 11.3 Å². The molecule has 1 aromatic rings. The van der Waals surface area contributed by atoms with Crippen LogP contribution in [0.25, 0.3) is 0 Å². The van der Waals surface area contributed by atoms with E-state index in [0.717, 1.165) is 24.3 Å². The largest absolute Gasteiger partial charge is 0.375 e. The summed E-state index contributed by atoms with van der Waals surface area (Å²) in [5.74, 6) is -0.0331. The van der Waals surface area contributed by atoms with Crippen molar-refractivity contribution < 1.29 is 19.1 Å². The Morgan fingerprint density at radius 2 is 2.13 bits per heavy atom. The highest BCUT2D eigenvalue weighted by Crippen LogP contribution is 2.23. The molecule has 2 aliphatic rings. The van der Waals surface area contributed by atoms with Gasteiger partial charge in [0.2, 0.25) is 5.91 Å². The van der Waals surface area contributed by atoms with Crippen LogP contribution in [0.2, 0.25) is 0 Å². The number of thiophene rings is 1. The van der Waals surface area contributed by atoms with Crippen molar-refractivity contribution in [2.75, 3.05) is 26.3 Å². The summed E-state index contributed by atoms with van der Waals surface area (Å²) in [5, 5.41) is 2.75. The van der Waals surface area contributed by atoms with Crippen LogP contribution in [0.4, 0.5) is 0 Å². The number of nitrogens with zero attached hydrogens (tertiary/aromatic N) is 1. The van der Waals surface area contributed by atoms with Gasteiger partial charge in [-0.15, -0.1) is 11.3 Å². The number of amides is 2. The second-order valence-electron chi connectivity index (χ2n) is 5.89. The molecule has 2 fully saturated rings. The summed E-state index contributed by atoms with van der Waals surface area (Å²) in [5.41, 5.74) is 0. The fourth-order valence-corrected chi connectivity index (χ4v) is 3.85. The first kappa shape index (κ1) is 16.4. The van der Waals surface area contributed by atoms with Crippen LogP contribution in [0.3, 0.4) is 0 Å². The molecule has 0 unspecified atom stereocenters. The zero-order chi connectivity index (χ0) is 16.2. The van der Waals surface area contributed by atoms with E-state index in [4.69, 9.17) is 9.47 Å². The molecule has 126 valence electrons. The molecule has 2 saturated heterocycles. The molecular formula is C16H22N2O4S. The molecular weight excluding hydrogens is 316 g/mol. The molecule has 2 amide bonds. The van der Waals surface area contributed by atoms with E-state index >= 15 is 0 Å². The zero-order valence-corrected chi connectivity index (χ0v) is 14.1. The third kappa shape index (κ3) is 4.10. The molecule has 23 heavy (non-hydrogen) atoms. The molecule has 0 aliphatic carbocycles. The molecule has 0 aromatic carbocycles. The van der Waals surface area contributed by atoms with E-state index in [-0.39, 0.29) is 24.0 Å². The first-order valence-electron chi connectivity index (χ1n) is 7.99. The summed E-state index contributed by atoms with van der Waals surface area (Å²) in [4.78, 5) is 27.2. The van der Waals surface area contributed by atoms with Crippen LogP contribution in [0.5, 0.6) is 0 Å². The van der Waals surface area contributed by atoms with Crippen LogP contribution in [-0.2, 0) is 20.8 Å². The van der Waals surface area contributed by atoms with Gasteiger partial charge in [0.05, 0.1) is 24.1 Å². The first-order chi connectivity index (χ1) is 11.1. The van der Waals surface area contributed by atoms with E-state index in [9.17, 15) is 9.59 Å². The SMILES string of the molecule is CC(=O)NCc1ccc(C(=O)N2CCO[C@@H]([C@H]3CCCO3)C2)s1. The monoisotopic (exact) mass is 338 g/mol. The molecule has 1 aromatic heterocycles. The molecule has 3 rings (SSSR count). The number of carbonyl (C=O) groups excluding carboxylic acids is 2. The third-order valence-electron chi connectivity index (χ3n) is 4.14. The van der Waals surface area contributed by atoms with Crippen LogP contribution in [0.15, 0.2) is 12.1 Å². The fraction of sp³-hybridized carbons (Fsp3) is 0.625. The summed E-state index contributed by atoms with van der Waals surface area (Å²) in [6, 6.07) is 3.73. The lowest BCUT2D eigenvalue weighted by Crippen LogP contribution is -2.49. The molecule has 2 aliphatic heterocycles. The maximum atomic E-state index is 12.7. The van der Waals surface area contributed by atoms with Gasteiger partial charge in [-0.05, 0) is 25.0 Å². The number of ether oxygens (including phenoxy) is 2. The normalized spacial score (nSPS) is 24.7. The van der Waals surface area contributed by atoms with Crippen molar-refractivity contribution in [2.24, 2.45) is 0 Å². The number of hydrogen-bond donors (Lipinski definition) is 1. The number of carbonyl (C=O) groups is 2. The first-order valence-corrected chi connectivity index (χ1v) is 8.81. The average Bonchev–Trinajstić information content (AvgIpc) is 3.24. The molecule has 0 radical (unpaired) electrons. The fourth-order valence-electron chi connectivity index (χ4n) is 2.94. The van der Waals surface area contributed by atoms with Crippen molar-refractivity contribution in [1.82, 2.24) is 10.2 Å². The Balaban J connectivity index is 1.59. The maximum Gasteiger partial charge on any atom is 0.264 e. The van der Waals surface area contributed by atoms with Gasteiger partial charge in [0.25, 0.3) is 5.91 Å². The summed E-state index contributed by atoms with van der Waals surface area (Å²) in [7, 11) is 0. The van der Waals surface area contributed by atoms with Crippen molar-refractivity contribution in [1.29, 1.82) is 0 Å². The van der Waals surface area contributed by atoms with Crippen LogP contribution in [-0.4, -0.2) is 55.2 Å². The molecule has 0 saturated carbocycles. The van der Waals surface area contributed by atoms with Gasteiger partial charge in [-0.2, -0.15) is 0 Å². The number of nitrogens with one attached hydrogen (secondary N) is 1. The molecule has 3 heterocycles. The van der Waals surface area contributed by atoms with Crippen molar-refractivity contribution in [2.45, 2.75) is 38.5 Å². The highest BCUT2D eigenvalue weighted by molar-refractivity contribution is 7.14. The minimum absolute atomic E-state index is 0.0194. The van der Waals surface area contributed by atoms with E-state index < -0.39 is 0 Å². The lowest BCUT2D eigenvalue weighted by Gasteiger charge is -2.35. The van der Waals surface area contributed by atoms with Crippen LogP contribution in [0.1, 0.15) is 34.3 Å². The smallest absolute Gasteiger partial charge is 0.264 e. The summed E-state index contributed by atoms with van der Waals surface area (Å²) >= 11 is 1.43. The van der Waals surface area contributed by atoms with E-state index in [2.05, 4.69) is 5.32 Å². The average molecular weight is 338 g/mol. The predicted octanol–water partition coefficient (Wildman–Crippen LogP) is 1.40. The Morgan fingerprint density at radius 3 is 2.87 bits per heavy atom. The molecule has 0 bridgehead atoms. The van der Waals surface area contributed by atoms with Gasteiger partial charge in [-0.25, -0.2) is 0 Å². The molecule has 1 N–H and O–H groups in total. The Kier molecular flexibility index (Phi) is 5.30. The minimum Gasteiger partial charge on any atom is -0.375 e. The Labute approximate surface area is 139 Å². The summed E-state index contributed by atoms with van der Waals surface area (Å²) in [6.07, 6.45) is 2.17. The topological polar surface area (TPSA) is 67.9 Å². The number of morpholine rings is 1. The molecule has 6 nitrogen and oxygen atoms in total. The van der Waals surface area contributed by atoms with Gasteiger partial charge < -0.3 is 19.7 Å². The van der Waals surface area contributed by atoms with Gasteiger partial charge in [0.1, 0.15) is 6.10 Å². The Morgan fingerprint density at radius 1 is 1.30 bits per heavy atom. The van der Waals surface area contributed by atoms with Crippen molar-refractivity contribution in [3.8, 4) is 0 Å². The van der Waals surface area contributed by atoms with Gasteiger partial charge in [-0.3, -0.25) is 9.59 Å². The van der Waals surface area contributed by atoms with E-state index in [1.807, 2.05) is 17.0 Å². The second kappa shape index (κ2) is 7.42. The van der Waals surface area contributed by atoms with Crippen LogP contribution < -0.4 is 5.32 Å². The predicted molar refractivity (Wildman–Crippen MR) is 86.5 cm³/mol. The van der Waals surface area contributed by atoms with Crippen LogP contribution in [0, 0.1) is 0 Å². The lowest BCUT2D eigenvalue weighted by molar-refractivity contribution is -0.119. The molecule has 0 spiro atoms. The Bertz CT molecular complexity index is 568. The van der Waals surface area contributed by atoms with Crippen molar-refractivity contribution >= 4 is 23.2 Å². The number of hydrogen-bond acceptors (Lipinski definition) is 5. The van der Waals surface area contributed by atoms with Gasteiger partial charge in [0.15, 0.2) is 0 Å². The van der Waals surface area contributed by atoms with E-state index in [0.29, 0.717) is 31.1 Å². The van der Waals surface area contributed by atoms with Gasteiger partial charge >= 0.3 is 0 Å². The highest BCUT2D eigenvalue weighted by Gasteiger charge is 2.33. The van der Waals surface area contributed by atoms with Crippen molar-refractivity contribution in [3.05, 3.63) is 21.9 Å². The maximum absolute atomic E-state index is 12.7. The summed E-state index contributed by atoms with van der Waals surface area (Å²) < 4.78 is 11.5. The van der Waals surface area contributed by atoms with Crippen molar-refractivity contribution in [3.63, 3.8) is 0 Å². The van der Waals surface area contributed by atoms with E-state index in [1.54, 1.807) is 0 Å². The standard InChI is InChI=1S/C16H22N2O4S/c1-11(19)17-9-12-4-5-15(23-12)16(20)18-6-8-22-14(10-18)13-3-2-7-21-13/h4-5,13-14H,2-3,6-10H2,1H3,(H,17,19)/t13-,14-/m1/s1. The van der Waals surface area contributed by atoms with Gasteiger partial charge in [0, 0.05) is 31.5 Å². The summed E-state index contributed by atoms with van der Waals surface area (Å²) in [6.45, 7) is 4.49. The van der Waals surface area contributed by atoms with Gasteiger partial charge in [-0.1, -0.05) is 0 Å². The minimum atomic E-state index is -0.0705. The lowest BCUT2D eigenvalue weighted by atomic mass is 10.1. The third-order valence-corrected chi connectivity index (χ3v) is 5.22. The van der Waals surface area contributed by atoms with E-state index in [1.165, 1.54) is 18.3 Å². The Hall–Kier alpha value is -1.44.